The summed E-state index contributed by atoms with van der Waals surface area (Å²) < 4.78 is 5.15. The molecule has 1 aromatic carbocycles. The number of aryl methyl sites for hydroxylation is 1. The third kappa shape index (κ3) is 3.70. The minimum Gasteiger partial charge on any atom is -0.423 e. The van der Waals surface area contributed by atoms with Crippen molar-refractivity contribution in [3.05, 3.63) is 40.2 Å². The molecule has 21 heavy (non-hydrogen) atoms. The van der Waals surface area contributed by atoms with Gasteiger partial charge in [-0.3, -0.25) is 4.79 Å². The van der Waals surface area contributed by atoms with Crippen LogP contribution in [0.2, 0.25) is 0 Å². The molecule has 1 heterocycles. The predicted molar refractivity (Wildman–Crippen MR) is 83.3 cm³/mol. The number of rotatable bonds is 4. The number of carbonyl (C=O) groups excluding carboxylic acids is 1. The van der Waals surface area contributed by atoms with E-state index < -0.39 is 11.7 Å². The second-order valence-corrected chi connectivity index (χ2v) is 5.68. The predicted octanol–water partition coefficient (Wildman–Crippen LogP) is 2.41. The van der Waals surface area contributed by atoms with Crippen LogP contribution in [0, 0.1) is 12.8 Å². The molecule has 0 bridgehead atoms. The molecule has 3 N–H and O–H groups in total. The number of fused-ring (bicyclic) bond motifs is 1. The standard InChI is InChI=1S/C16H20N2O3/c1-9(2)6-13(17)16(20)18-11-4-5-12-10(3)7-15(19)21-14(12)8-11/h4-5,7-9,13H,6,17H2,1-3H3,(H,18,20)/t13-/m1/s1. The van der Waals surface area contributed by atoms with Gasteiger partial charge in [0.15, 0.2) is 0 Å². The lowest BCUT2D eigenvalue weighted by Gasteiger charge is -2.14. The Morgan fingerprint density at radius 2 is 2.05 bits per heavy atom. The summed E-state index contributed by atoms with van der Waals surface area (Å²) in [4.78, 5) is 23.4. The van der Waals surface area contributed by atoms with Crippen LogP contribution in [-0.4, -0.2) is 11.9 Å². The van der Waals surface area contributed by atoms with Crippen LogP contribution in [-0.2, 0) is 4.79 Å². The zero-order valence-corrected chi connectivity index (χ0v) is 12.5. The molecule has 5 heteroatoms. The van der Waals surface area contributed by atoms with Gasteiger partial charge >= 0.3 is 5.63 Å². The second-order valence-electron chi connectivity index (χ2n) is 5.68. The third-order valence-corrected chi connectivity index (χ3v) is 3.28. The highest BCUT2D eigenvalue weighted by Gasteiger charge is 2.15. The van der Waals surface area contributed by atoms with Gasteiger partial charge < -0.3 is 15.5 Å². The number of hydrogen-bond donors (Lipinski definition) is 2. The molecule has 5 nitrogen and oxygen atoms in total. The van der Waals surface area contributed by atoms with E-state index in [1.165, 1.54) is 6.07 Å². The maximum atomic E-state index is 12.0. The largest absolute Gasteiger partial charge is 0.423 e. The average molecular weight is 288 g/mol. The summed E-state index contributed by atoms with van der Waals surface area (Å²) in [6.07, 6.45) is 0.619. The highest BCUT2D eigenvalue weighted by molar-refractivity contribution is 5.96. The van der Waals surface area contributed by atoms with Gasteiger partial charge in [-0.05, 0) is 37.0 Å². The van der Waals surface area contributed by atoms with Crippen molar-refractivity contribution in [1.29, 1.82) is 0 Å². The highest BCUT2D eigenvalue weighted by atomic mass is 16.4. The number of nitrogens with two attached hydrogens (primary N) is 1. The van der Waals surface area contributed by atoms with Gasteiger partial charge in [-0.25, -0.2) is 4.79 Å². The van der Waals surface area contributed by atoms with Crippen molar-refractivity contribution in [2.24, 2.45) is 11.7 Å². The van der Waals surface area contributed by atoms with E-state index in [2.05, 4.69) is 5.32 Å². The van der Waals surface area contributed by atoms with Crippen molar-refractivity contribution in [1.82, 2.24) is 0 Å². The quantitative estimate of drug-likeness (QED) is 0.846. The van der Waals surface area contributed by atoms with Crippen LogP contribution in [0.1, 0.15) is 25.8 Å². The van der Waals surface area contributed by atoms with E-state index in [1.54, 1.807) is 12.1 Å². The molecule has 0 radical (unpaired) electrons. The fraction of sp³-hybridized carbons (Fsp3) is 0.375. The summed E-state index contributed by atoms with van der Waals surface area (Å²) in [5.74, 6) is 0.112. The SMILES string of the molecule is Cc1cc(=O)oc2cc(NC(=O)[C@H](N)CC(C)C)ccc12. The summed E-state index contributed by atoms with van der Waals surface area (Å²) in [6.45, 7) is 5.87. The molecule has 0 aliphatic carbocycles. The average Bonchev–Trinajstić information content (AvgIpc) is 2.37. The van der Waals surface area contributed by atoms with Crippen LogP contribution in [0.5, 0.6) is 0 Å². The topological polar surface area (TPSA) is 85.3 Å². The Hall–Kier alpha value is -2.14. The van der Waals surface area contributed by atoms with Crippen LogP contribution in [0.4, 0.5) is 5.69 Å². The van der Waals surface area contributed by atoms with Crippen molar-refractivity contribution in [3.8, 4) is 0 Å². The Morgan fingerprint density at radius 1 is 1.33 bits per heavy atom. The summed E-state index contributed by atoms with van der Waals surface area (Å²) in [5.41, 5.74) is 7.31. The van der Waals surface area contributed by atoms with Crippen LogP contribution in [0.25, 0.3) is 11.0 Å². The van der Waals surface area contributed by atoms with Gasteiger partial charge in [0.1, 0.15) is 5.58 Å². The van der Waals surface area contributed by atoms with Crippen molar-refractivity contribution in [2.75, 3.05) is 5.32 Å². The van der Waals surface area contributed by atoms with Gasteiger partial charge in [-0.2, -0.15) is 0 Å². The number of benzene rings is 1. The van der Waals surface area contributed by atoms with Gasteiger partial charge in [0.2, 0.25) is 5.91 Å². The first-order chi connectivity index (χ1) is 9.86. The Labute approximate surface area is 123 Å². The van der Waals surface area contributed by atoms with E-state index in [1.807, 2.05) is 26.8 Å². The van der Waals surface area contributed by atoms with E-state index in [0.29, 0.717) is 23.6 Å². The number of amides is 1. The van der Waals surface area contributed by atoms with Crippen LogP contribution < -0.4 is 16.7 Å². The number of hydrogen-bond acceptors (Lipinski definition) is 4. The number of carbonyl (C=O) groups is 1. The molecule has 0 spiro atoms. The third-order valence-electron chi connectivity index (χ3n) is 3.28. The first-order valence-corrected chi connectivity index (χ1v) is 6.98. The Morgan fingerprint density at radius 3 is 2.71 bits per heavy atom. The van der Waals surface area contributed by atoms with E-state index in [-0.39, 0.29) is 5.91 Å². The first-order valence-electron chi connectivity index (χ1n) is 6.98. The summed E-state index contributed by atoms with van der Waals surface area (Å²) >= 11 is 0. The first kappa shape index (κ1) is 15.3. The number of anilines is 1. The molecule has 0 fully saturated rings. The summed E-state index contributed by atoms with van der Waals surface area (Å²) in [5, 5.41) is 3.60. The lowest BCUT2D eigenvalue weighted by molar-refractivity contribution is -0.117. The van der Waals surface area contributed by atoms with E-state index in [4.69, 9.17) is 10.2 Å². The molecule has 2 rings (SSSR count). The fourth-order valence-corrected chi connectivity index (χ4v) is 2.25. The van der Waals surface area contributed by atoms with E-state index in [9.17, 15) is 9.59 Å². The molecule has 0 saturated heterocycles. The van der Waals surface area contributed by atoms with Gasteiger partial charge in [-0.1, -0.05) is 13.8 Å². The molecule has 0 aliphatic rings. The van der Waals surface area contributed by atoms with Gasteiger partial charge in [-0.15, -0.1) is 0 Å². The zero-order valence-electron chi connectivity index (χ0n) is 12.5. The molecular weight excluding hydrogens is 268 g/mol. The molecule has 112 valence electrons. The van der Waals surface area contributed by atoms with E-state index >= 15 is 0 Å². The molecule has 1 amide bonds. The zero-order chi connectivity index (χ0) is 15.6. The highest BCUT2D eigenvalue weighted by Crippen LogP contribution is 2.21. The Balaban J connectivity index is 2.23. The Kier molecular flexibility index (Phi) is 4.43. The van der Waals surface area contributed by atoms with Crippen LogP contribution >= 0.6 is 0 Å². The minimum absolute atomic E-state index is 0.238. The molecule has 2 aromatic rings. The molecule has 0 saturated carbocycles. The lowest BCUT2D eigenvalue weighted by atomic mass is 10.0. The maximum absolute atomic E-state index is 12.0. The molecule has 1 atom stereocenters. The van der Waals surface area contributed by atoms with Crippen molar-refractivity contribution in [3.63, 3.8) is 0 Å². The monoisotopic (exact) mass is 288 g/mol. The summed E-state index contributed by atoms with van der Waals surface area (Å²) in [6, 6.07) is 6.13. The second kappa shape index (κ2) is 6.10. The van der Waals surface area contributed by atoms with Crippen molar-refractivity contribution >= 4 is 22.6 Å². The van der Waals surface area contributed by atoms with Crippen LogP contribution in [0.3, 0.4) is 0 Å². The smallest absolute Gasteiger partial charge is 0.336 e. The minimum atomic E-state index is -0.551. The van der Waals surface area contributed by atoms with Crippen molar-refractivity contribution < 1.29 is 9.21 Å². The fourth-order valence-electron chi connectivity index (χ4n) is 2.25. The van der Waals surface area contributed by atoms with Gasteiger partial charge in [0, 0.05) is 23.2 Å². The van der Waals surface area contributed by atoms with Crippen molar-refractivity contribution in [2.45, 2.75) is 33.2 Å². The molecule has 0 aliphatic heterocycles. The van der Waals surface area contributed by atoms with Crippen LogP contribution in [0.15, 0.2) is 33.5 Å². The van der Waals surface area contributed by atoms with E-state index in [0.717, 1.165) is 10.9 Å². The molecule has 1 aromatic heterocycles. The molecular formula is C16H20N2O3. The lowest BCUT2D eigenvalue weighted by Crippen LogP contribution is -2.36. The molecule has 0 unspecified atom stereocenters. The maximum Gasteiger partial charge on any atom is 0.336 e. The Bertz CT molecular complexity index is 719. The normalized spacial score (nSPS) is 12.6. The number of nitrogens with one attached hydrogen (secondary N) is 1. The van der Waals surface area contributed by atoms with Gasteiger partial charge in [0.05, 0.1) is 6.04 Å². The summed E-state index contributed by atoms with van der Waals surface area (Å²) in [7, 11) is 0. The van der Waals surface area contributed by atoms with Gasteiger partial charge in [0.25, 0.3) is 0 Å².